The Morgan fingerprint density at radius 1 is 1.64 bits per heavy atom. The number of fused-ring (bicyclic) bond motifs is 1. The van der Waals surface area contributed by atoms with Gasteiger partial charge in [-0.2, -0.15) is 0 Å². The van der Waals surface area contributed by atoms with E-state index in [0.717, 1.165) is 5.82 Å². The van der Waals surface area contributed by atoms with E-state index >= 15 is 0 Å². The summed E-state index contributed by atoms with van der Waals surface area (Å²) in [4.78, 5) is 7.43. The molecular formula is C6H6N4O. The first-order chi connectivity index (χ1) is 5.27. The van der Waals surface area contributed by atoms with Gasteiger partial charge in [-0.15, -0.1) is 0 Å². The van der Waals surface area contributed by atoms with Gasteiger partial charge < -0.3 is 10.2 Å². The molecule has 0 saturated heterocycles. The van der Waals surface area contributed by atoms with Gasteiger partial charge in [0.15, 0.2) is 5.69 Å². The Morgan fingerprint density at radius 2 is 2.45 bits per heavy atom. The largest absolute Gasteiger partial charge is 0.594 e. The molecule has 0 atom stereocenters. The third-order valence-electron chi connectivity index (χ3n) is 1.46. The molecule has 0 amide bonds. The summed E-state index contributed by atoms with van der Waals surface area (Å²) < 4.78 is 0. The van der Waals surface area contributed by atoms with E-state index in [-0.39, 0.29) is 0 Å². The lowest BCUT2D eigenvalue weighted by Gasteiger charge is -1.94. The first-order valence-electron chi connectivity index (χ1n) is 3.18. The molecule has 1 N–H and O–H groups in total. The molecule has 5 nitrogen and oxygen atoms in total. The molecule has 0 bridgehead atoms. The number of hydrogen-bond acceptors (Lipinski definition) is 3. The van der Waals surface area contributed by atoms with Crippen LogP contribution in [0.2, 0.25) is 0 Å². The lowest BCUT2D eigenvalue weighted by atomic mass is 10.3. The van der Waals surface area contributed by atoms with Crippen molar-refractivity contribution in [2.45, 2.75) is 6.92 Å². The Bertz CT molecular complexity index is 356. The topological polar surface area (TPSA) is 68.5 Å². The Morgan fingerprint density at radius 3 is 3.27 bits per heavy atom. The van der Waals surface area contributed by atoms with Crippen LogP contribution in [0.25, 0.3) is 11.4 Å². The van der Waals surface area contributed by atoms with Gasteiger partial charge >= 0.3 is 0 Å². The minimum Gasteiger partial charge on any atom is -0.594 e. The standard InChI is InChI=1S/C6H6N4O/c1-4-7-3-6-5(9-4)2-8-10(6)11/h2-3H,1H3,(H,7,9). The molecule has 0 aromatic heterocycles. The van der Waals surface area contributed by atoms with Gasteiger partial charge in [-0.3, -0.25) is 0 Å². The molecule has 0 radical (unpaired) electrons. The molecule has 0 fully saturated rings. The molecular weight excluding hydrogens is 144 g/mol. The molecule has 2 aliphatic heterocycles. The lowest BCUT2D eigenvalue weighted by Crippen LogP contribution is -2.29. The molecule has 2 aliphatic rings. The first kappa shape index (κ1) is 6.09. The fourth-order valence-electron chi connectivity index (χ4n) is 0.935. The van der Waals surface area contributed by atoms with Crippen LogP contribution in [-0.2, 0) is 0 Å². The van der Waals surface area contributed by atoms with Crippen molar-refractivity contribution in [2.75, 3.05) is 0 Å². The van der Waals surface area contributed by atoms with E-state index in [2.05, 4.69) is 15.1 Å². The fourth-order valence-corrected chi connectivity index (χ4v) is 0.935. The zero-order chi connectivity index (χ0) is 7.84. The van der Waals surface area contributed by atoms with Crippen LogP contribution >= 0.6 is 0 Å². The van der Waals surface area contributed by atoms with Crippen molar-refractivity contribution in [3.8, 4) is 11.4 Å². The third-order valence-corrected chi connectivity index (χ3v) is 1.46. The number of nitrogens with one attached hydrogen (secondary N) is 1. The summed E-state index contributed by atoms with van der Waals surface area (Å²) in [6.45, 7) is 1.82. The van der Waals surface area contributed by atoms with Crippen molar-refractivity contribution in [3.05, 3.63) is 23.4 Å². The molecule has 0 aromatic carbocycles. The molecule has 11 heavy (non-hydrogen) atoms. The van der Waals surface area contributed by atoms with Crippen LogP contribution in [0.3, 0.4) is 0 Å². The summed E-state index contributed by atoms with van der Waals surface area (Å²) in [5.74, 6) is 0.769. The minimum absolute atomic E-state index is 0.468. The van der Waals surface area contributed by atoms with Crippen LogP contribution < -0.4 is 4.85 Å². The van der Waals surface area contributed by atoms with Crippen LogP contribution in [0.1, 0.15) is 5.82 Å². The molecule has 0 aliphatic carbocycles. The summed E-state index contributed by atoms with van der Waals surface area (Å²) >= 11 is 0. The summed E-state index contributed by atoms with van der Waals surface area (Å²) in [5, 5.41) is 14.4. The fraction of sp³-hybridized carbons (Fsp3) is 0.167. The van der Waals surface area contributed by atoms with E-state index in [0.29, 0.717) is 16.2 Å². The van der Waals surface area contributed by atoms with Crippen molar-refractivity contribution >= 4 is 0 Å². The zero-order valence-corrected chi connectivity index (χ0v) is 5.90. The highest BCUT2D eigenvalue weighted by molar-refractivity contribution is 5.48. The second-order valence-electron chi connectivity index (χ2n) is 2.27. The average Bonchev–Trinajstić information content (AvgIpc) is 2.32. The maximum Gasteiger partial charge on any atom is 0.288 e. The quantitative estimate of drug-likeness (QED) is 0.419. The van der Waals surface area contributed by atoms with Crippen molar-refractivity contribution in [3.63, 3.8) is 0 Å². The lowest BCUT2D eigenvalue weighted by molar-refractivity contribution is -0.653. The van der Waals surface area contributed by atoms with Crippen LogP contribution in [0.4, 0.5) is 0 Å². The second kappa shape index (κ2) is 1.91. The predicted octanol–water partition coefficient (Wildman–Crippen LogP) is -0.149. The summed E-state index contributed by atoms with van der Waals surface area (Å²) in [5.41, 5.74) is 1.09. The summed E-state index contributed by atoms with van der Waals surface area (Å²) in [6.07, 6.45) is 3.04. The van der Waals surface area contributed by atoms with Crippen LogP contribution in [-0.4, -0.2) is 15.1 Å². The molecule has 5 heteroatoms. The average molecular weight is 150 g/mol. The van der Waals surface area contributed by atoms with E-state index in [1.807, 2.05) is 6.92 Å². The molecule has 2 heterocycles. The summed E-state index contributed by atoms with van der Waals surface area (Å²) in [7, 11) is 0. The van der Waals surface area contributed by atoms with Crippen molar-refractivity contribution in [2.24, 2.45) is 0 Å². The third kappa shape index (κ3) is 0.813. The SMILES string of the molecule is Cc1nc2cn[n+]([O-])c-2c[nH]1. The van der Waals surface area contributed by atoms with Crippen molar-refractivity contribution < 1.29 is 4.85 Å². The molecule has 2 rings (SSSR count). The Hall–Kier alpha value is -1.65. The zero-order valence-electron chi connectivity index (χ0n) is 5.90. The normalized spacial score (nSPS) is 10.6. The smallest absolute Gasteiger partial charge is 0.288 e. The van der Waals surface area contributed by atoms with Gasteiger partial charge in [-0.05, 0) is 11.8 Å². The van der Waals surface area contributed by atoms with E-state index in [4.69, 9.17) is 0 Å². The van der Waals surface area contributed by atoms with Crippen LogP contribution in [0.15, 0.2) is 12.4 Å². The number of nitrogens with zero attached hydrogens (tertiary/aromatic N) is 3. The maximum absolute atomic E-state index is 10.8. The van der Waals surface area contributed by atoms with E-state index in [1.54, 1.807) is 6.20 Å². The van der Waals surface area contributed by atoms with E-state index in [1.165, 1.54) is 6.20 Å². The van der Waals surface area contributed by atoms with Crippen molar-refractivity contribution in [1.29, 1.82) is 0 Å². The number of hydrogen-bond donors (Lipinski definition) is 1. The molecule has 56 valence electrons. The minimum atomic E-state index is 0.468. The van der Waals surface area contributed by atoms with Crippen LogP contribution in [0.5, 0.6) is 0 Å². The number of H-pyrrole nitrogens is 1. The van der Waals surface area contributed by atoms with Crippen molar-refractivity contribution in [1.82, 2.24) is 15.1 Å². The second-order valence-corrected chi connectivity index (χ2v) is 2.27. The number of rotatable bonds is 0. The maximum atomic E-state index is 10.8. The number of aryl methyl sites for hydroxylation is 1. The molecule has 0 aromatic rings. The first-order valence-corrected chi connectivity index (χ1v) is 3.18. The predicted molar refractivity (Wildman–Crippen MR) is 36.7 cm³/mol. The van der Waals surface area contributed by atoms with E-state index < -0.39 is 0 Å². The highest BCUT2D eigenvalue weighted by Crippen LogP contribution is 2.10. The van der Waals surface area contributed by atoms with E-state index in [9.17, 15) is 5.21 Å². The van der Waals surface area contributed by atoms with Gasteiger partial charge in [0, 0.05) is 5.10 Å². The molecule has 0 saturated carbocycles. The van der Waals surface area contributed by atoms with Gasteiger partial charge in [0.25, 0.3) is 5.69 Å². The highest BCUT2D eigenvalue weighted by Gasteiger charge is 2.16. The van der Waals surface area contributed by atoms with Gasteiger partial charge in [0.05, 0.1) is 6.20 Å². The van der Waals surface area contributed by atoms with Gasteiger partial charge in [0.2, 0.25) is 0 Å². The number of aromatic nitrogens is 4. The molecule has 0 unspecified atom stereocenters. The Labute approximate surface area is 62.6 Å². The van der Waals surface area contributed by atoms with Gasteiger partial charge in [0.1, 0.15) is 12.0 Å². The molecule has 0 spiro atoms. The highest BCUT2D eigenvalue weighted by atomic mass is 16.5. The van der Waals surface area contributed by atoms with Crippen LogP contribution in [0, 0.1) is 12.1 Å². The van der Waals surface area contributed by atoms with Gasteiger partial charge in [-0.1, -0.05) is 0 Å². The number of aromatic amines is 1. The summed E-state index contributed by atoms with van der Waals surface area (Å²) in [6, 6.07) is 0. The Balaban J connectivity index is 2.74. The van der Waals surface area contributed by atoms with Gasteiger partial charge in [-0.25, -0.2) is 4.98 Å². The Kier molecular flexibility index (Phi) is 1.06. The monoisotopic (exact) mass is 150 g/mol.